The van der Waals surface area contributed by atoms with Crippen molar-refractivity contribution >= 4 is 22.8 Å². The van der Waals surface area contributed by atoms with Crippen molar-refractivity contribution in [1.82, 2.24) is 4.98 Å². The minimum atomic E-state index is -0.391. The Morgan fingerprint density at radius 3 is 2.33 bits per heavy atom. The summed E-state index contributed by atoms with van der Waals surface area (Å²) in [4.78, 5) is 29.6. The van der Waals surface area contributed by atoms with Crippen molar-refractivity contribution in [3.63, 3.8) is 0 Å². The molecule has 0 unspecified atom stereocenters. The van der Waals surface area contributed by atoms with E-state index in [1.54, 1.807) is 13.8 Å². The predicted molar refractivity (Wildman–Crippen MR) is 106 cm³/mol. The van der Waals surface area contributed by atoms with E-state index in [1.165, 1.54) is 0 Å². The minimum absolute atomic E-state index is 0.205. The molecule has 0 aliphatic carbocycles. The second kappa shape index (κ2) is 8.51. The highest BCUT2D eigenvalue weighted by molar-refractivity contribution is 5.99. The van der Waals surface area contributed by atoms with Gasteiger partial charge in [0.1, 0.15) is 0 Å². The number of esters is 2. The molecule has 2 aromatic rings. The van der Waals surface area contributed by atoms with Gasteiger partial charge < -0.3 is 9.47 Å². The smallest absolute Gasteiger partial charge is 0.340 e. The van der Waals surface area contributed by atoms with E-state index < -0.39 is 5.97 Å². The molecule has 0 saturated carbocycles. The SMILES string of the molecule is CCOC(=O)CCc1c(C(=O)OCC)c(C(C)(C)C)nc2ccc(C)cc12. The Balaban J connectivity index is 2.74. The number of aryl methyl sites for hydroxylation is 2. The number of pyridine rings is 1. The Labute approximate surface area is 161 Å². The molecule has 0 atom stereocenters. The monoisotopic (exact) mass is 371 g/mol. The molecule has 0 saturated heterocycles. The molecule has 2 rings (SSSR count). The van der Waals surface area contributed by atoms with Crippen LogP contribution in [-0.2, 0) is 26.1 Å². The summed E-state index contributed by atoms with van der Waals surface area (Å²) in [6, 6.07) is 5.97. The lowest BCUT2D eigenvalue weighted by atomic mass is 9.84. The van der Waals surface area contributed by atoms with Crippen molar-refractivity contribution in [2.24, 2.45) is 0 Å². The Morgan fingerprint density at radius 2 is 1.74 bits per heavy atom. The van der Waals surface area contributed by atoms with Crippen LogP contribution in [0.25, 0.3) is 10.9 Å². The van der Waals surface area contributed by atoms with Gasteiger partial charge in [0.2, 0.25) is 0 Å². The number of hydrogen-bond acceptors (Lipinski definition) is 5. The van der Waals surface area contributed by atoms with Gasteiger partial charge in [-0.1, -0.05) is 32.4 Å². The van der Waals surface area contributed by atoms with Crippen LogP contribution in [0.1, 0.15) is 68.2 Å². The van der Waals surface area contributed by atoms with E-state index in [2.05, 4.69) is 0 Å². The van der Waals surface area contributed by atoms with Gasteiger partial charge in [0, 0.05) is 17.2 Å². The van der Waals surface area contributed by atoms with E-state index in [1.807, 2.05) is 45.9 Å². The van der Waals surface area contributed by atoms with Crippen molar-refractivity contribution in [2.75, 3.05) is 13.2 Å². The van der Waals surface area contributed by atoms with Gasteiger partial charge in [-0.3, -0.25) is 9.78 Å². The van der Waals surface area contributed by atoms with Crippen LogP contribution in [-0.4, -0.2) is 30.1 Å². The quantitative estimate of drug-likeness (QED) is 0.699. The predicted octanol–water partition coefficient (Wildman–Crippen LogP) is 4.51. The summed E-state index contributed by atoms with van der Waals surface area (Å²) < 4.78 is 10.4. The van der Waals surface area contributed by atoms with Crippen LogP contribution in [0.4, 0.5) is 0 Å². The fourth-order valence-corrected chi connectivity index (χ4v) is 3.13. The van der Waals surface area contributed by atoms with Gasteiger partial charge in [-0.05, 0) is 44.9 Å². The zero-order chi connectivity index (χ0) is 20.2. The maximum atomic E-state index is 12.9. The van der Waals surface area contributed by atoms with Gasteiger partial charge in [-0.2, -0.15) is 0 Å². The highest BCUT2D eigenvalue weighted by Gasteiger charge is 2.29. The zero-order valence-electron chi connectivity index (χ0n) is 17.1. The normalized spacial score (nSPS) is 11.5. The number of hydrogen-bond donors (Lipinski definition) is 0. The number of fused-ring (bicyclic) bond motifs is 1. The van der Waals surface area contributed by atoms with Crippen LogP contribution in [0.2, 0.25) is 0 Å². The van der Waals surface area contributed by atoms with Gasteiger partial charge in [-0.25, -0.2) is 4.79 Å². The molecule has 5 heteroatoms. The first-order valence-electron chi connectivity index (χ1n) is 9.45. The molecule has 1 aromatic carbocycles. The minimum Gasteiger partial charge on any atom is -0.466 e. The summed E-state index contributed by atoms with van der Waals surface area (Å²) in [5.41, 5.74) is 3.51. The lowest BCUT2D eigenvalue weighted by Gasteiger charge is -2.24. The number of benzene rings is 1. The van der Waals surface area contributed by atoms with Gasteiger partial charge in [-0.15, -0.1) is 0 Å². The molecule has 0 radical (unpaired) electrons. The molecule has 0 N–H and O–H groups in total. The molecule has 27 heavy (non-hydrogen) atoms. The maximum absolute atomic E-state index is 12.9. The number of ether oxygens (including phenoxy) is 2. The standard InChI is InChI=1S/C22H29NO4/c1-7-26-18(24)12-10-15-16-13-14(3)9-11-17(16)23-20(22(4,5)6)19(15)21(25)27-8-2/h9,11,13H,7-8,10,12H2,1-6H3. The number of carbonyl (C=O) groups is 2. The van der Waals surface area contributed by atoms with Crippen LogP contribution in [0.3, 0.4) is 0 Å². The third-order valence-corrected chi connectivity index (χ3v) is 4.32. The number of aromatic nitrogens is 1. The van der Waals surface area contributed by atoms with Crippen molar-refractivity contribution in [3.8, 4) is 0 Å². The fraction of sp³-hybridized carbons (Fsp3) is 0.500. The molecule has 5 nitrogen and oxygen atoms in total. The maximum Gasteiger partial charge on any atom is 0.340 e. The Morgan fingerprint density at radius 1 is 1.07 bits per heavy atom. The number of carbonyl (C=O) groups excluding carboxylic acids is 2. The summed E-state index contributed by atoms with van der Waals surface area (Å²) in [5, 5.41) is 0.885. The molecule has 1 heterocycles. The largest absolute Gasteiger partial charge is 0.466 e. The molecular formula is C22H29NO4. The van der Waals surface area contributed by atoms with Gasteiger partial charge in [0.05, 0.1) is 30.0 Å². The van der Waals surface area contributed by atoms with E-state index in [-0.39, 0.29) is 24.4 Å². The summed E-state index contributed by atoms with van der Waals surface area (Å²) >= 11 is 0. The molecule has 0 bridgehead atoms. The second-order valence-electron chi connectivity index (χ2n) is 7.61. The molecule has 1 aromatic heterocycles. The highest BCUT2D eigenvalue weighted by atomic mass is 16.5. The van der Waals surface area contributed by atoms with E-state index in [0.717, 1.165) is 22.0 Å². The summed E-state index contributed by atoms with van der Waals surface area (Å²) in [6.07, 6.45) is 0.607. The van der Waals surface area contributed by atoms with Crippen molar-refractivity contribution in [3.05, 3.63) is 40.6 Å². The summed E-state index contributed by atoms with van der Waals surface area (Å²) in [6.45, 7) is 12.2. The van der Waals surface area contributed by atoms with Crippen LogP contribution < -0.4 is 0 Å². The molecule has 146 valence electrons. The Bertz CT molecular complexity index is 849. The average molecular weight is 371 g/mol. The highest BCUT2D eigenvalue weighted by Crippen LogP contribution is 2.33. The van der Waals surface area contributed by atoms with E-state index in [4.69, 9.17) is 14.5 Å². The van der Waals surface area contributed by atoms with Crippen molar-refractivity contribution in [2.45, 2.75) is 59.8 Å². The fourth-order valence-electron chi connectivity index (χ4n) is 3.13. The van der Waals surface area contributed by atoms with Crippen LogP contribution in [0.15, 0.2) is 18.2 Å². The van der Waals surface area contributed by atoms with Gasteiger partial charge in [0.15, 0.2) is 0 Å². The molecule has 0 aliphatic heterocycles. The first kappa shape index (κ1) is 20.9. The topological polar surface area (TPSA) is 65.5 Å². The van der Waals surface area contributed by atoms with Gasteiger partial charge >= 0.3 is 11.9 Å². The number of rotatable bonds is 6. The first-order chi connectivity index (χ1) is 12.7. The van der Waals surface area contributed by atoms with Gasteiger partial charge in [0.25, 0.3) is 0 Å². The van der Waals surface area contributed by atoms with E-state index in [0.29, 0.717) is 24.3 Å². The third-order valence-electron chi connectivity index (χ3n) is 4.32. The van der Waals surface area contributed by atoms with E-state index in [9.17, 15) is 9.59 Å². The van der Waals surface area contributed by atoms with Crippen molar-refractivity contribution in [1.29, 1.82) is 0 Å². The average Bonchev–Trinajstić information content (AvgIpc) is 2.58. The molecule has 0 amide bonds. The summed E-state index contributed by atoms with van der Waals surface area (Å²) in [5.74, 6) is -0.667. The Kier molecular flexibility index (Phi) is 6.58. The third kappa shape index (κ3) is 4.85. The molecule has 0 spiro atoms. The van der Waals surface area contributed by atoms with Crippen molar-refractivity contribution < 1.29 is 19.1 Å². The molecule has 0 fully saturated rings. The zero-order valence-corrected chi connectivity index (χ0v) is 17.1. The first-order valence-corrected chi connectivity index (χ1v) is 9.45. The van der Waals surface area contributed by atoms with E-state index >= 15 is 0 Å². The molecular weight excluding hydrogens is 342 g/mol. The summed E-state index contributed by atoms with van der Waals surface area (Å²) in [7, 11) is 0. The Hall–Kier alpha value is -2.43. The van der Waals surface area contributed by atoms with Crippen LogP contribution in [0.5, 0.6) is 0 Å². The van der Waals surface area contributed by atoms with Crippen LogP contribution in [0, 0.1) is 6.92 Å². The number of nitrogens with zero attached hydrogens (tertiary/aromatic N) is 1. The second-order valence-corrected chi connectivity index (χ2v) is 7.61. The lowest BCUT2D eigenvalue weighted by Crippen LogP contribution is -2.23. The van der Waals surface area contributed by atoms with Crippen LogP contribution >= 0.6 is 0 Å². The molecule has 0 aliphatic rings. The lowest BCUT2D eigenvalue weighted by molar-refractivity contribution is -0.143.